The summed E-state index contributed by atoms with van der Waals surface area (Å²) in [4.78, 5) is 0. The van der Waals surface area contributed by atoms with Crippen molar-refractivity contribution < 1.29 is 30.4 Å². The summed E-state index contributed by atoms with van der Waals surface area (Å²) >= 11 is 5.35. The van der Waals surface area contributed by atoms with Crippen molar-refractivity contribution in [1.82, 2.24) is 0 Å². The zero-order valence-electron chi connectivity index (χ0n) is 22.2. The van der Waals surface area contributed by atoms with Crippen LogP contribution in [0, 0.1) is 41.6 Å². The average molecular weight is 691 g/mol. The van der Waals surface area contributed by atoms with E-state index in [4.69, 9.17) is 0 Å². The molecule has 0 heterocycles. The molecule has 0 saturated heterocycles. The van der Waals surface area contributed by atoms with E-state index in [9.17, 15) is 13.2 Å². The Morgan fingerprint density at radius 2 is 1.14 bits per heavy atom. The summed E-state index contributed by atoms with van der Waals surface area (Å²) in [6.07, 6.45) is 20.6. The van der Waals surface area contributed by atoms with Gasteiger partial charge in [0.15, 0.2) is 0 Å². The molecule has 9 rings (SSSR count). The molecular formula is C31H44BrF3PPd+. The van der Waals surface area contributed by atoms with E-state index in [2.05, 4.69) is 43.6 Å². The summed E-state index contributed by atoms with van der Waals surface area (Å²) in [5.74, 6) is 7.01. The van der Waals surface area contributed by atoms with E-state index in [0.29, 0.717) is 0 Å². The SMILES string of the molecule is CCCC[PH+](C12CC3CC(CC(C3)C1)C2)C12CC3CC(CC(C3)C1)C2.FC(F)(F)c1cc[c-]cc1.[Br][Pd+]. The summed E-state index contributed by atoms with van der Waals surface area (Å²) in [6.45, 7) is 2.46. The minimum absolute atomic E-state index is 0.196. The predicted octanol–water partition coefficient (Wildman–Crippen LogP) is 10.3. The maximum absolute atomic E-state index is 11.8. The second kappa shape index (κ2) is 11.8. The minimum atomic E-state index is -4.23. The first-order valence-corrected chi connectivity index (χ1v) is 20.1. The van der Waals surface area contributed by atoms with Crippen molar-refractivity contribution in [1.29, 1.82) is 0 Å². The van der Waals surface area contributed by atoms with Crippen LogP contribution in [0.4, 0.5) is 13.2 Å². The van der Waals surface area contributed by atoms with Crippen LogP contribution in [-0.4, -0.2) is 16.5 Å². The number of hydrogen-bond donors (Lipinski definition) is 0. The summed E-state index contributed by atoms with van der Waals surface area (Å²) < 4.78 is 35.3. The summed E-state index contributed by atoms with van der Waals surface area (Å²) in [7, 11) is -0.196. The Morgan fingerprint density at radius 1 is 0.784 bits per heavy atom. The number of unbranched alkanes of at least 4 members (excludes halogenated alkanes) is 1. The third-order valence-corrected chi connectivity index (χ3v) is 15.8. The molecule has 0 aliphatic heterocycles. The van der Waals surface area contributed by atoms with Gasteiger partial charge in [0, 0.05) is 7.92 Å². The number of halogens is 4. The van der Waals surface area contributed by atoms with E-state index < -0.39 is 11.7 Å². The van der Waals surface area contributed by atoms with Crippen LogP contribution in [0.3, 0.4) is 0 Å². The number of benzene rings is 1. The third kappa shape index (κ3) is 6.12. The molecule has 1 aromatic rings. The van der Waals surface area contributed by atoms with Gasteiger partial charge in [-0.05, 0) is 119 Å². The fourth-order valence-corrected chi connectivity index (χ4v) is 17.1. The molecule has 210 valence electrons. The van der Waals surface area contributed by atoms with Crippen LogP contribution in [0.1, 0.15) is 102 Å². The summed E-state index contributed by atoms with van der Waals surface area (Å²) in [5, 5.41) is 1.83. The van der Waals surface area contributed by atoms with Crippen molar-refractivity contribution in [3.8, 4) is 0 Å². The van der Waals surface area contributed by atoms with Gasteiger partial charge < -0.3 is 0 Å². The fourth-order valence-electron chi connectivity index (χ4n) is 11.0. The third-order valence-electron chi connectivity index (χ3n) is 11.2. The first-order valence-electron chi connectivity index (χ1n) is 14.8. The van der Waals surface area contributed by atoms with Gasteiger partial charge in [0.1, 0.15) is 0 Å². The maximum atomic E-state index is 11.8. The fraction of sp³-hybridized carbons (Fsp3) is 0.806. The molecule has 0 aromatic heterocycles. The molecule has 8 bridgehead atoms. The van der Waals surface area contributed by atoms with Crippen LogP contribution in [0.25, 0.3) is 0 Å². The van der Waals surface area contributed by atoms with Gasteiger partial charge in [0.25, 0.3) is 0 Å². The van der Waals surface area contributed by atoms with Crippen LogP contribution < -0.4 is 0 Å². The van der Waals surface area contributed by atoms with Crippen LogP contribution in [-0.2, 0) is 23.4 Å². The molecular weight excluding hydrogens is 647 g/mol. The standard InChI is InChI=1S/C24H39P.C7H4F3.BrH.Pd/c1-2-3-4-25(23-11-17-5-18(12-23)7-19(6-17)13-23)24-14-20-8-21(15-24)10-22(9-20)16-24;8-7(9,10)6-4-2-1-3-5-6;;/h17-22H,2-16H2,1H3;2-5H;1H;/q;-1;;+2. The molecule has 0 unspecified atom stereocenters. The molecule has 0 spiro atoms. The number of alkyl halides is 3. The van der Waals surface area contributed by atoms with Gasteiger partial charge in [-0.3, -0.25) is 0 Å². The van der Waals surface area contributed by atoms with Gasteiger partial charge in [-0.25, -0.2) is 0 Å². The zero-order valence-corrected chi connectivity index (χ0v) is 26.3. The molecule has 0 amide bonds. The Kier molecular flexibility index (Phi) is 9.30. The van der Waals surface area contributed by atoms with E-state index in [1.54, 1.807) is 89.6 Å². The topological polar surface area (TPSA) is 0 Å². The molecule has 0 atom stereocenters. The molecule has 8 aliphatic rings. The van der Waals surface area contributed by atoms with Crippen molar-refractivity contribution in [2.45, 2.75) is 113 Å². The molecule has 37 heavy (non-hydrogen) atoms. The molecule has 8 fully saturated rings. The molecule has 0 N–H and O–H groups in total. The van der Waals surface area contributed by atoms with Crippen LogP contribution in [0.2, 0.25) is 0 Å². The Labute approximate surface area is 241 Å². The molecule has 0 radical (unpaired) electrons. The van der Waals surface area contributed by atoms with E-state index in [1.165, 1.54) is 54.1 Å². The Balaban J connectivity index is 0.000000198. The Hall–Kier alpha value is 0.582. The molecule has 1 aromatic carbocycles. The molecule has 0 nitrogen and oxygen atoms in total. The normalized spacial score (nSPS) is 41.5. The first-order chi connectivity index (χ1) is 17.8. The van der Waals surface area contributed by atoms with Crippen molar-refractivity contribution in [2.75, 3.05) is 6.16 Å². The summed E-state index contributed by atoms with van der Waals surface area (Å²) in [5.41, 5.74) is -0.633. The second-order valence-corrected chi connectivity index (χ2v) is 17.3. The predicted molar refractivity (Wildman–Crippen MR) is 149 cm³/mol. The van der Waals surface area contributed by atoms with E-state index in [-0.39, 0.29) is 7.92 Å². The summed E-state index contributed by atoms with van der Waals surface area (Å²) in [6, 6.07) is 6.95. The average Bonchev–Trinajstić information content (AvgIpc) is 2.84. The van der Waals surface area contributed by atoms with Gasteiger partial charge in [-0.2, -0.15) is 43.5 Å². The zero-order chi connectivity index (χ0) is 26.3. The molecule has 6 heteroatoms. The second-order valence-electron chi connectivity index (χ2n) is 13.8. The van der Waals surface area contributed by atoms with Crippen LogP contribution >= 0.6 is 21.4 Å². The van der Waals surface area contributed by atoms with Gasteiger partial charge in [0.05, 0.1) is 16.5 Å². The monoisotopic (exact) mass is 689 g/mol. The van der Waals surface area contributed by atoms with Crippen LogP contribution in [0.15, 0.2) is 24.3 Å². The molecule has 8 aliphatic carbocycles. The first kappa shape index (κ1) is 29.1. The Morgan fingerprint density at radius 3 is 1.41 bits per heavy atom. The van der Waals surface area contributed by atoms with E-state index in [1.807, 2.05) is 0 Å². The van der Waals surface area contributed by atoms with Crippen molar-refractivity contribution in [2.24, 2.45) is 35.5 Å². The van der Waals surface area contributed by atoms with Gasteiger partial charge in [-0.1, -0.05) is 18.9 Å². The van der Waals surface area contributed by atoms with E-state index >= 15 is 0 Å². The van der Waals surface area contributed by atoms with Crippen molar-refractivity contribution in [3.05, 3.63) is 35.9 Å². The van der Waals surface area contributed by atoms with Gasteiger partial charge in [0.2, 0.25) is 0 Å². The van der Waals surface area contributed by atoms with Crippen molar-refractivity contribution >= 4 is 21.4 Å². The van der Waals surface area contributed by atoms with Crippen LogP contribution in [0.5, 0.6) is 0 Å². The molecule has 8 saturated carbocycles. The number of hydrogen-bond acceptors (Lipinski definition) is 0. The van der Waals surface area contributed by atoms with E-state index in [0.717, 1.165) is 22.4 Å². The number of rotatable bonds is 5. The quantitative estimate of drug-likeness (QED) is 0.164. The van der Waals surface area contributed by atoms with Gasteiger partial charge >= 0.3 is 36.8 Å². The Bertz CT molecular complexity index is 774. The van der Waals surface area contributed by atoms with Gasteiger partial charge in [-0.15, -0.1) is 0 Å². The van der Waals surface area contributed by atoms with Crippen molar-refractivity contribution in [3.63, 3.8) is 0 Å².